The number of carboxylic acid groups (broad SMARTS) is 1. The third kappa shape index (κ3) is 1.90. The van der Waals surface area contributed by atoms with Crippen molar-refractivity contribution in [2.75, 3.05) is 7.05 Å². The largest absolute Gasteiger partial charge is 0.480 e. The van der Waals surface area contributed by atoms with E-state index in [-0.39, 0.29) is 5.69 Å². The van der Waals surface area contributed by atoms with E-state index in [4.69, 9.17) is 5.11 Å². The standard InChI is InChI=1S/C8H11N3O3/c1-5(8(13)14)11(2)7(12)6-3-4-9-10-6/h3-5H,1-2H3,(H,9,10)(H,13,14). The average molecular weight is 197 g/mol. The molecule has 0 radical (unpaired) electrons. The highest BCUT2D eigenvalue weighted by atomic mass is 16.4. The quantitative estimate of drug-likeness (QED) is 0.711. The molecule has 76 valence electrons. The summed E-state index contributed by atoms with van der Waals surface area (Å²) >= 11 is 0. The number of aliphatic carboxylic acids is 1. The van der Waals surface area contributed by atoms with E-state index < -0.39 is 17.9 Å². The van der Waals surface area contributed by atoms with Crippen LogP contribution >= 0.6 is 0 Å². The van der Waals surface area contributed by atoms with Gasteiger partial charge in [0.2, 0.25) is 0 Å². The first kappa shape index (κ1) is 10.2. The van der Waals surface area contributed by atoms with E-state index in [1.54, 1.807) is 0 Å². The van der Waals surface area contributed by atoms with E-state index in [1.807, 2.05) is 0 Å². The fourth-order valence-corrected chi connectivity index (χ4v) is 0.907. The fourth-order valence-electron chi connectivity index (χ4n) is 0.907. The highest BCUT2D eigenvalue weighted by molar-refractivity contribution is 5.94. The molecular formula is C8H11N3O3. The lowest BCUT2D eigenvalue weighted by Gasteiger charge is -2.20. The summed E-state index contributed by atoms with van der Waals surface area (Å²) in [7, 11) is 1.43. The summed E-state index contributed by atoms with van der Waals surface area (Å²) in [5.74, 6) is -1.43. The lowest BCUT2D eigenvalue weighted by atomic mass is 10.2. The van der Waals surface area contributed by atoms with Gasteiger partial charge in [-0.2, -0.15) is 5.10 Å². The van der Waals surface area contributed by atoms with Crippen LogP contribution in [0, 0.1) is 0 Å². The lowest BCUT2D eigenvalue weighted by Crippen LogP contribution is -2.40. The molecule has 1 atom stereocenters. The van der Waals surface area contributed by atoms with Crippen molar-refractivity contribution in [1.82, 2.24) is 15.1 Å². The number of aromatic amines is 1. The van der Waals surface area contributed by atoms with Gasteiger partial charge in [0, 0.05) is 13.2 Å². The Bertz CT molecular complexity index is 334. The van der Waals surface area contributed by atoms with Gasteiger partial charge in [-0.3, -0.25) is 9.89 Å². The molecule has 0 aliphatic heterocycles. The van der Waals surface area contributed by atoms with Gasteiger partial charge in [0.05, 0.1) is 0 Å². The van der Waals surface area contributed by atoms with Crippen LogP contribution in [0.5, 0.6) is 0 Å². The molecule has 0 saturated carbocycles. The third-order valence-electron chi connectivity index (χ3n) is 1.99. The maximum Gasteiger partial charge on any atom is 0.326 e. The Hall–Kier alpha value is -1.85. The molecule has 0 spiro atoms. The predicted octanol–water partition coefficient (Wildman–Crippen LogP) is -0.0452. The fraction of sp³-hybridized carbons (Fsp3) is 0.375. The minimum Gasteiger partial charge on any atom is -0.480 e. The SMILES string of the molecule is CC(C(=O)O)N(C)C(=O)c1ccn[nH]1. The van der Waals surface area contributed by atoms with Gasteiger partial charge in [0.1, 0.15) is 11.7 Å². The second kappa shape index (κ2) is 3.91. The normalized spacial score (nSPS) is 12.1. The monoisotopic (exact) mass is 197 g/mol. The van der Waals surface area contributed by atoms with Crippen LogP contribution in [0.1, 0.15) is 17.4 Å². The first-order valence-corrected chi connectivity index (χ1v) is 4.03. The molecule has 1 aromatic rings. The maximum absolute atomic E-state index is 11.5. The van der Waals surface area contributed by atoms with Gasteiger partial charge in [-0.15, -0.1) is 0 Å². The van der Waals surface area contributed by atoms with Crippen LogP contribution < -0.4 is 0 Å². The number of likely N-dealkylation sites (N-methyl/N-ethyl adjacent to an activating group) is 1. The molecule has 1 unspecified atom stereocenters. The van der Waals surface area contributed by atoms with Gasteiger partial charge in [0.15, 0.2) is 0 Å². The van der Waals surface area contributed by atoms with Crippen LogP contribution in [0.2, 0.25) is 0 Å². The van der Waals surface area contributed by atoms with E-state index >= 15 is 0 Å². The Labute approximate surface area is 80.5 Å². The molecule has 6 nitrogen and oxygen atoms in total. The molecule has 0 bridgehead atoms. The summed E-state index contributed by atoms with van der Waals surface area (Å²) in [4.78, 5) is 23.3. The first-order chi connectivity index (χ1) is 6.54. The molecule has 14 heavy (non-hydrogen) atoms. The van der Waals surface area contributed by atoms with Crippen molar-refractivity contribution >= 4 is 11.9 Å². The van der Waals surface area contributed by atoms with Crippen LogP contribution in [0.4, 0.5) is 0 Å². The summed E-state index contributed by atoms with van der Waals surface area (Å²) in [6.07, 6.45) is 1.44. The van der Waals surface area contributed by atoms with Gasteiger partial charge in [0.25, 0.3) is 5.91 Å². The molecule has 0 aromatic carbocycles. The number of nitrogens with zero attached hydrogens (tertiary/aromatic N) is 2. The molecule has 0 aliphatic rings. The van der Waals surface area contributed by atoms with E-state index in [9.17, 15) is 9.59 Å². The molecule has 1 amide bonds. The average Bonchev–Trinajstić information content (AvgIpc) is 2.67. The van der Waals surface area contributed by atoms with Crippen molar-refractivity contribution in [3.8, 4) is 0 Å². The smallest absolute Gasteiger partial charge is 0.326 e. The molecular weight excluding hydrogens is 186 g/mol. The molecule has 2 N–H and O–H groups in total. The summed E-state index contributed by atoms with van der Waals surface area (Å²) in [5.41, 5.74) is 0.278. The van der Waals surface area contributed by atoms with Crippen LogP contribution in [0.15, 0.2) is 12.3 Å². The Morgan fingerprint density at radius 3 is 2.71 bits per heavy atom. The number of hydrogen-bond acceptors (Lipinski definition) is 3. The number of aromatic nitrogens is 2. The van der Waals surface area contributed by atoms with E-state index in [2.05, 4.69) is 10.2 Å². The van der Waals surface area contributed by atoms with E-state index in [1.165, 1.54) is 26.2 Å². The number of carbonyl (C=O) groups excluding carboxylic acids is 1. The van der Waals surface area contributed by atoms with Crippen LogP contribution in [-0.4, -0.2) is 45.2 Å². The Morgan fingerprint density at radius 2 is 2.29 bits per heavy atom. The third-order valence-corrected chi connectivity index (χ3v) is 1.99. The van der Waals surface area contributed by atoms with Gasteiger partial charge >= 0.3 is 5.97 Å². The second-order valence-electron chi connectivity index (χ2n) is 2.90. The van der Waals surface area contributed by atoms with Crippen LogP contribution in [0.25, 0.3) is 0 Å². The molecule has 1 aromatic heterocycles. The molecule has 0 saturated heterocycles. The van der Waals surface area contributed by atoms with Crippen molar-refractivity contribution in [2.24, 2.45) is 0 Å². The van der Waals surface area contributed by atoms with Crippen molar-refractivity contribution in [1.29, 1.82) is 0 Å². The topological polar surface area (TPSA) is 86.3 Å². The van der Waals surface area contributed by atoms with Gasteiger partial charge in [-0.1, -0.05) is 0 Å². The number of nitrogens with one attached hydrogen (secondary N) is 1. The highest BCUT2D eigenvalue weighted by Gasteiger charge is 2.23. The number of rotatable bonds is 3. The predicted molar refractivity (Wildman–Crippen MR) is 47.8 cm³/mol. The molecule has 0 aliphatic carbocycles. The number of H-pyrrole nitrogens is 1. The van der Waals surface area contributed by atoms with E-state index in [0.717, 1.165) is 4.90 Å². The molecule has 6 heteroatoms. The maximum atomic E-state index is 11.5. The van der Waals surface area contributed by atoms with Crippen LogP contribution in [0.3, 0.4) is 0 Å². The second-order valence-corrected chi connectivity index (χ2v) is 2.90. The molecule has 1 heterocycles. The van der Waals surface area contributed by atoms with Crippen LogP contribution in [-0.2, 0) is 4.79 Å². The molecule has 1 rings (SSSR count). The Balaban J connectivity index is 2.76. The minimum atomic E-state index is -1.04. The summed E-state index contributed by atoms with van der Waals surface area (Å²) in [6.45, 7) is 1.44. The summed E-state index contributed by atoms with van der Waals surface area (Å²) < 4.78 is 0. The first-order valence-electron chi connectivity index (χ1n) is 4.03. The minimum absolute atomic E-state index is 0.278. The number of carbonyl (C=O) groups is 2. The zero-order valence-corrected chi connectivity index (χ0v) is 7.89. The van der Waals surface area contributed by atoms with Gasteiger partial charge in [-0.25, -0.2) is 4.79 Å². The number of carboxylic acids is 1. The number of amides is 1. The number of hydrogen-bond donors (Lipinski definition) is 2. The van der Waals surface area contributed by atoms with E-state index in [0.29, 0.717) is 0 Å². The van der Waals surface area contributed by atoms with Gasteiger partial charge < -0.3 is 10.0 Å². The van der Waals surface area contributed by atoms with Crippen molar-refractivity contribution < 1.29 is 14.7 Å². The zero-order valence-electron chi connectivity index (χ0n) is 7.89. The zero-order chi connectivity index (χ0) is 10.7. The Morgan fingerprint density at radius 1 is 1.64 bits per heavy atom. The summed E-state index contributed by atoms with van der Waals surface area (Å²) in [5, 5.41) is 14.8. The van der Waals surface area contributed by atoms with Crippen molar-refractivity contribution in [3.63, 3.8) is 0 Å². The molecule has 0 fully saturated rings. The highest BCUT2D eigenvalue weighted by Crippen LogP contribution is 2.03. The van der Waals surface area contributed by atoms with Crippen molar-refractivity contribution in [2.45, 2.75) is 13.0 Å². The van der Waals surface area contributed by atoms with Crippen molar-refractivity contribution in [3.05, 3.63) is 18.0 Å². The summed E-state index contributed by atoms with van der Waals surface area (Å²) in [6, 6.07) is 0.638. The lowest BCUT2D eigenvalue weighted by molar-refractivity contribution is -0.141. The van der Waals surface area contributed by atoms with Gasteiger partial charge in [-0.05, 0) is 13.0 Å². The Kier molecular flexibility index (Phi) is 2.85.